The summed E-state index contributed by atoms with van der Waals surface area (Å²) in [6, 6.07) is 1.12. The van der Waals surface area contributed by atoms with Crippen LogP contribution in [0.3, 0.4) is 0 Å². The van der Waals surface area contributed by atoms with Gasteiger partial charge in [-0.15, -0.1) is 0 Å². The summed E-state index contributed by atoms with van der Waals surface area (Å²) in [7, 11) is 0. The van der Waals surface area contributed by atoms with Gasteiger partial charge in [-0.2, -0.15) is 0 Å². The van der Waals surface area contributed by atoms with Crippen molar-refractivity contribution in [2.24, 2.45) is 0 Å². The van der Waals surface area contributed by atoms with Crippen molar-refractivity contribution < 1.29 is 4.79 Å². The summed E-state index contributed by atoms with van der Waals surface area (Å²) in [6.07, 6.45) is 0. The van der Waals surface area contributed by atoms with Gasteiger partial charge in [-0.3, -0.25) is 9.69 Å². The lowest BCUT2D eigenvalue weighted by molar-refractivity contribution is -0.132. The Morgan fingerprint density at radius 3 is 2.86 bits per heavy atom. The summed E-state index contributed by atoms with van der Waals surface area (Å²) < 4.78 is 0. The Balaban J connectivity index is 1.94. The van der Waals surface area contributed by atoms with Crippen molar-refractivity contribution >= 4 is 5.91 Å². The van der Waals surface area contributed by atoms with Crippen molar-refractivity contribution in [2.45, 2.75) is 25.9 Å². The largest absolute Gasteiger partial charge is 0.340 e. The molecule has 4 heteroatoms. The minimum atomic E-state index is 0.211. The van der Waals surface area contributed by atoms with Crippen LogP contribution < -0.4 is 5.32 Å². The van der Waals surface area contributed by atoms with Crippen LogP contribution in [0, 0.1) is 0 Å². The molecule has 0 saturated carbocycles. The van der Waals surface area contributed by atoms with Gasteiger partial charge in [0.25, 0.3) is 0 Å². The number of carbonyl (C=O) groups is 1. The molecule has 0 aromatic rings. The highest BCUT2D eigenvalue weighted by atomic mass is 16.2. The zero-order valence-corrected chi connectivity index (χ0v) is 8.99. The second-order valence-corrected chi connectivity index (χ2v) is 4.42. The fourth-order valence-electron chi connectivity index (χ4n) is 2.37. The summed E-state index contributed by atoms with van der Waals surface area (Å²) in [5, 5.41) is 3.46. The van der Waals surface area contributed by atoms with Gasteiger partial charge in [0.2, 0.25) is 5.91 Å². The highest BCUT2D eigenvalue weighted by molar-refractivity contribution is 5.73. The number of hydrogen-bond acceptors (Lipinski definition) is 3. The number of fused-ring (bicyclic) bond motifs is 1. The molecule has 2 rings (SSSR count). The average Bonchev–Trinajstić information content (AvgIpc) is 2.16. The van der Waals surface area contributed by atoms with E-state index in [1.54, 1.807) is 6.92 Å². The number of piperazine rings is 2. The first-order valence-corrected chi connectivity index (χ1v) is 5.40. The molecule has 1 N–H and O–H groups in total. The summed E-state index contributed by atoms with van der Waals surface area (Å²) >= 11 is 0. The van der Waals surface area contributed by atoms with Crippen LogP contribution in [0.25, 0.3) is 0 Å². The normalized spacial score (nSPS) is 34.0. The molecule has 0 radical (unpaired) electrons. The molecule has 2 aliphatic heterocycles. The lowest BCUT2D eigenvalue weighted by Gasteiger charge is -2.45. The molecule has 2 saturated heterocycles. The molecule has 0 bridgehead atoms. The van der Waals surface area contributed by atoms with Gasteiger partial charge >= 0.3 is 0 Å². The minimum Gasteiger partial charge on any atom is -0.340 e. The van der Waals surface area contributed by atoms with E-state index in [-0.39, 0.29) is 5.91 Å². The number of amides is 1. The Morgan fingerprint density at radius 2 is 2.14 bits per heavy atom. The number of hydrogen-bond donors (Lipinski definition) is 1. The molecule has 4 nitrogen and oxygen atoms in total. The van der Waals surface area contributed by atoms with Crippen molar-refractivity contribution in [3.63, 3.8) is 0 Å². The van der Waals surface area contributed by atoms with Gasteiger partial charge in [0.1, 0.15) is 0 Å². The molecule has 2 aliphatic rings. The maximum absolute atomic E-state index is 11.2. The van der Waals surface area contributed by atoms with Gasteiger partial charge in [-0.1, -0.05) is 0 Å². The van der Waals surface area contributed by atoms with Crippen LogP contribution >= 0.6 is 0 Å². The Kier molecular flexibility index (Phi) is 2.74. The standard InChI is InChI=1S/C10H19N3O/c1-8-6-13-4-3-12(9(2)14)7-10(13)5-11-8/h8,10-11H,3-7H2,1-2H3/t8-,10?/m1/s1. The molecular formula is C10H19N3O. The van der Waals surface area contributed by atoms with E-state index in [9.17, 15) is 4.79 Å². The SMILES string of the molecule is CC(=O)N1CCN2C[C@@H](C)NCC2C1. The Hall–Kier alpha value is -0.610. The maximum Gasteiger partial charge on any atom is 0.219 e. The number of carbonyl (C=O) groups excluding carboxylic acids is 1. The summed E-state index contributed by atoms with van der Waals surface area (Å²) in [6.45, 7) is 8.85. The molecule has 0 aromatic heterocycles. The molecule has 0 spiro atoms. The van der Waals surface area contributed by atoms with Crippen LogP contribution in [-0.2, 0) is 4.79 Å². The fourth-order valence-corrected chi connectivity index (χ4v) is 2.37. The lowest BCUT2D eigenvalue weighted by Crippen LogP contribution is -2.63. The smallest absolute Gasteiger partial charge is 0.219 e. The quantitative estimate of drug-likeness (QED) is 0.569. The minimum absolute atomic E-state index is 0.211. The molecule has 2 atom stereocenters. The zero-order chi connectivity index (χ0) is 10.1. The van der Waals surface area contributed by atoms with Crippen molar-refractivity contribution in [3.8, 4) is 0 Å². The van der Waals surface area contributed by atoms with E-state index in [0.717, 1.165) is 32.7 Å². The van der Waals surface area contributed by atoms with Crippen LogP contribution in [-0.4, -0.2) is 60.5 Å². The lowest BCUT2D eigenvalue weighted by atomic mass is 10.1. The van der Waals surface area contributed by atoms with Crippen LogP contribution in [0.5, 0.6) is 0 Å². The molecule has 0 aliphatic carbocycles. The van der Waals surface area contributed by atoms with E-state index >= 15 is 0 Å². The maximum atomic E-state index is 11.2. The van der Waals surface area contributed by atoms with E-state index in [2.05, 4.69) is 17.1 Å². The molecule has 1 unspecified atom stereocenters. The van der Waals surface area contributed by atoms with Gasteiger partial charge in [-0.25, -0.2) is 0 Å². The monoisotopic (exact) mass is 197 g/mol. The van der Waals surface area contributed by atoms with E-state index in [1.807, 2.05) is 4.90 Å². The predicted molar refractivity (Wildman–Crippen MR) is 55.1 cm³/mol. The topological polar surface area (TPSA) is 35.6 Å². The Morgan fingerprint density at radius 1 is 1.36 bits per heavy atom. The van der Waals surface area contributed by atoms with Crippen molar-refractivity contribution in [1.29, 1.82) is 0 Å². The molecule has 1 amide bonds. The summed E-state index contributed by atoms with van der Waals surface area (Å²) in [4.78, 5) is 15.7. The zero-order valence-electron chi connectivity index (χ0n) is 8.99. The third kappa shape index (κ3) is 1.91. The van der Waals surface area contributed by atoms with Gasteiger partial charge in [-0.05, 0) is 6.92 Å². The van der Waals surface area contributed by atoms with Crippen molar-refractivity contribution in [3.05, 3.63) is 0 Å². The number of nitrogens with zero attached hydrogens (tertiary/aromatic N) is 2. The Bertz CT molecular complexity index is 231. The molecular weight excluding hydrogens is 178 g/mol. The van der Waals surface area contributed by atoms with E-state index in [4.69, 9.17) is 0 Å². The summed E-state index contributed by atoms with van der Waals surface area (Å²) in [5.41, 5.74) is 0. The third-order valence-electron chi connectivity index (χ3n) is 3.26. The first kappa shape index (κ1) is 9.93. The van der Waals surface area contributed by atoms with Crippen molar-refractivity contribution in [2.75, 3.05) is 32.7 Å². The van der Waals surface area contributed by atoms with Gasteiger partial charge in [0, 0.05) is 51.7 Å². The van der Waals surface area contributed by atoms with Gasteiger partial charge < -0.3 is 10.2 Å². The van der Waals surface area contributed by atoms with E-state index in [1.165, 1.54) is 0 Å². The van der Waals surface area contributed by atoms with Crippen LogP contribution in [0.15, 0.2) is 0 Å². The van der Waals surface area contributed by atoms with E-state index < -0.39 is 0 Å². The number of rotatable bonds is 0. The van der Waals surface area contributed by atoms with E-state index in [0.29, 0.717) is 12.1 Å². The van der Waals surface area contributed by atoms with Crippen LogP contribution in [0.4, 0.5) is 0 Å². The Labute approximate surface area is 85.2 Å². The van der Waals surface area contributed by atoms with Gasteiger partial charge in [0.05, 0.1) is 0 Å². The molecule has 14 heavy (non-hydrogen) atoms. The molecule has 0 aromatic carbocycles. The predicted octanol–water partition coefficient (Wildman–Crippen LogP) is -0.489. The fraction of sp³-hybridized carbons (Fsp3) is 0.900. The molecule has 2 fully saturated rings. The van der Waals surface area contributed by atoms with Crippen LogP contribution in [0.1, 0.15) is 13.8 Å². The first-order chi connectivity index (χ1) is 6.66. The average molecular weight is 197 g/mol. The van der Waals surface area contributed by atoms with Crippen LogP contribution in [0.2, 0.25) is 0 Å². The molecule has 2 heterocycles. The second kappa shape index (κ2) is 3.87. The third-order valence-corrected chi connectivity index (χ3v) is 3.26. The highest BCUT2D eigenvalue weighted by Crippen LogP contribution is 2.13. The number of nitrogens with one attached hydrogen (secondary N) is 1. The second-order valence-electron chi connectivity index (χ2n) is 4.42. The summed E-state index contributed by atoms with van der Waals surface area (Å²) in [5.74, 6) is 0.211. The van der Waals surface area contributed by atoms with Gasteiger partial charge in [0.15, 0.2) is 0 Å². The highest BCUT2D eigenvalue weighted by Gasteiger charge is 2.31. The first-order valence-electron chi connectivity index (χ1n) is 5.40. The molecule has 80 valence electrons. The van der Waals surface area contributed by atoms with Crippen molar-refractivity contribution in [1.82, 2.24) is 15.1 Å².